The first-order chi connectivity index (χ1) is 12.1. The molecule has 0 unspecified atom stereocenters. The van der Waals surface area contributed by atoms with E-state index in [9.17, 15) is 9.59 Å². The molecule has 0 radical (unpaired) electrons. The van der Waals surface area contributed by atoms with Crippen LogP contribution < -0.4 is 10.2 Å². The zero-order valence-corrected chi connectivity index (χ0v) is 15.5. The predicted octanol–water partition coefficient (Wildman–Crippen LogP) is 1.43. The number of nitrogens with zero attached hydrogens (tertiary/aromatic N) is 2. The van der Waals surface area contributed by atoms with Crippen molar-refractivity contribution in [2.24, 2.45) is 5.92 Å². The maximum atomic E-state index is 12.3. The molecule has 1 aliphatic heterocycles. The van der Waals surface area contributed by atoms with Crippen LogP contribution in [0, 0.1) is 12.8 Å². The van der Waals surface area contributed by atoms with Gasteiger partial charge >= 0.3 is 0 Å². The second-order valence-electron chi connectivity index (χ2n) is 6.39. The molecule has 1 fully saturated rings. The number of hydrogen-bond acceptors (Lipinski definition) is 4. The molecule has 0 spiro atoms. The second kappa shape index (κ2) is 9.42. The van der Waals surface area contributed by atoms with Gasteiger partial charge in [0.05, 0.1) is 12.5 Å². The summed E-state index contributed by atoms with van der Waals surface area (Å²) >= 11 is 0. The summed E-state index contributed by atoms with van der Waals surface area (Å²) in [5.41, 5.74) is 2.42. The van der Waals surface area contributed by atoms with E-state index in [4.69, 9.17) is 4.74 Å². The molecule has 2 rings (SSSR count). The standard InChI is InChI=1S/C19H29N3O3/c1-4-21(17-8-6-5-7-15(17)2)10-9-20-19(24)16-13-18(23)22(14-16)11-12-25-3/h5-8,16H,4,9-14H2,1-3H3,(H,20,24)/t16-/m0/s1. The molecular formula is C19H29N3O3. The second-order valence-corrected chi connectivity index (χ2v) is 6.39. The van der Waals surface area contributed by atoms with Crippen LogP contribution in [0.1, 0.15) is 18.9 Å². The Labute approximate surface area is 150 Å². The summed E-state index contributed by atoms with van der Waals surface area (Å²) in [6.45, 7) is 7.95. The summed E-state index contributed by atoms with van der Waals surface area (Å²) in [5, 5.41) is 2.99. The number of benzene rings is 1. The quantitative estimate of drug-likeness (QED) is 0.734. The number of likely N-dealkylation sites (tertiary alicyclic amines) is 1. The van der Waals surface area contributed by atoms with Crippen LogP contribution in [0.3, 0.4) is 0 Å². The van der Waals surface area contributed by atoms with Gasteiger partial charge in [-0.2, -0.15) is 0 Å². The molecule has 2 amide bonds. The molecule has 6 nitrogen and oxygen atoms in total. The molecule has 1 heterocycles. The number of anilines is 1. The number of carbonyl (C=O) groups is 2. The van der Waals surface area contributed by atoms with Crippen LogP contribution in [0.5, 0.6) is 0 Å². The highest BCUT2D eigenvalue weighted by Gasteiger charge is 2.33. The van der Waals surface area contributed by atoms with Gasteiger partial charge in [0.2, 0.25) is 11.8 Å². The van der Waals surface area contributed by atoms with Gasteiger partial charge in [-0.25, -0.2) is 0 Å². The highest BCUT2D eigenvalue weighted by Crippen LogP contribution is 2.19. The molecule has 1 aromatic carbocycles. The van der Waals surface area contributed by atoms with Crippen LogP contribution in [0.2, 0.25) is 0 Å². The Hall–Kier alpha value is -2.08. The number of hydrogen-bond donors (Lipinski definition) is 1. The fourth-order valence-corrected chi connectivity index (χ4v) is 3.19. The van der Waals surface area contributed by atoms with Crippen molar-refractivity contribution in [1.29, 1.82) is 0 Å². The van der Waals surface area contributed by atoms with Crippen molar-refractivity contribution < 1.29 is 14.3 Å². The minimum absolute atomic E-state index is 0.0332. The molecule has 1 atom stereocenters. The Bertz CT molecular complexity index is 591. The first-order valence-electron chi connectivity index (χ1n) is 8.91. The third kappa shape index (κ3) is 5.19. The molecule has 1 aromatic rings. The average Bonchev–Trinajstić information content (AvgIpc) is 2.98. The van der Waals surface area contributed by atoms with Crippen molar-refractivity contribution in [3.05, 3.63) is 29.8 Å². The number of aryl methyl sites for hydroxylation is 1. The van der Waals surface area contributed by atoms with E-state index in [0.29, 0.717) is 32.7 Å². The van der Waals surface area contributed by atoms with Gasteiger partial charge in [0, 0.05) is 51.9 Å². The summed E-state index contributed by atoms with van der Waals surface area (Å²) in [6, 6.07) is 8.25. The maximum absolute atomic E-state index is 12.3. The monoisotopic (exact) mass is 347 g/mol. The molecule has 0 aliphatic carbocycles. The molecule has 0 saturated carbocycles. The Balaban J connectivity index is 1.80. The lowest BCUT2D eigenvalue weighted by Crippen LogP contribution is -2.39. The van der Waals surface area contributed by atoms with Crippen molar-refractivity contribution in [3.8, 4) is 0 Å². The van der Waals surface area contributed by atoms with E-state index in [1.807, 2.05) is 12.1 Å². The Kier molecular flexibility index (Phi) is 7.25. The van der Waals surface area contributed by atoms with Crippen LogP contribution in [0.4, 0.5) is 5.69 Å². The van der Waals surface area contributed by atoms with Gasteiger partial charge in [-0.15, -0.1) is 0 Å². The van der Waals surface area contributed by atoms with Gasteiger partial charge in [-0.3, -0.25) is 9.59 Å². The lowest BCUT2D eigenvalue weighted by molar-refractivity contribution is -0.129. The van der Waals surface area contributed by atoms with Gasteiger partial charge in [0.1, 0.15) is 0 Å². The number of para-hydroxylation sites is 1. The fraction of sp³-hybridized carbons (Fsp3) is 0.579. The third-order valence-corrected chi connectivity index (χ3v) is 4.67. The molecule has 25 heavy (non-hydrogen) atoms. The number of carbonyl (C=O) groups excluding carboxylic acids is 2. The van der Waals surface area contributed by atoms with Crippen molar-refractivity contribution >= 4 is 17.5 Å². The minimum atomic E-state index is -0.252. The maximum Gasteiger partial charge on any atom is 0.225 e. The first kappa shape index (κ1) is 19.2. The number of amides is 2. The Morgan fingerprint density at radius 2 is 2.16 bits per heavy atom. The highest BCUT2D eigenvalue weighted by atomic mass is 16.5. The molecule has 6 heteroatoms. The van der Waals surface area contributed by atoms with Gasteiger partial charge in [0.15, 0.2) is 0 Å². The Morgan fingerprint density at radius 1 is 1.40 bits per heavy atom. The van der Waals surface area contributed by atoms with Crippen LogP contribution in [-0.4, -0.2) is 63.2 Å². The number of ether oxygens (including phenoxy) is 1. The first-order valence-corrected chi connectivity index (χ1v) is 8.91. The van der Waals surface area contributed by atoms with Gasteiger partial charge in [-0.05, 0) is 25.5 Å². The molecule has 138 valence electrons. The average molecular weight is 347 g/mol. The van der Waals surface area contributed by atoms with E-state index in [2.05, 4.69) is 36.2 Å². The van der Waals surface area contributed by atoms with Crippen LogP contribution >= 0.6 is 0 Å². The summed E-state index contributed by atoms with van der Waals surface area (Å²) < 4.78 is 5.00. The van der Waals surface area contributed by atoms with Crippen molar-refractivity contribution in [3.63, 3.8) is 0 Å². The molecule has 1 saturated heterocycles. The van der Waals surface area contributed by atoms with E-state index in [1.165, 1.54) is 11.3 Å². The lowest BCUT2D eigenvalue weighted by atomic mass is 10.1. The lowest BCUT2D eigenvalue weighted by Gasteiger charge is -2.25. The molecular weight excluding hydrogens is 318 g/mol. The van der Waals surface area contributed by atoms with E-state index in [0.717, 1.165) is 13.1 Å². The molecule has 1 aliphatic rings. The minimum Gasteiger partial charge on any atom is -0.383 e. The van der Waals surface area contributed by atoms with E-state index in [-0.39, 0.29) is 17.7 Å². The SMILES string of the molecule is CCN(CCNC(=O)[C@H]1CC(=O)N(CCOC)C1)c1ccccc1C. The summed E-state index contributed by atoms with van der Waals surface area (Å²) in [6.07, 6.45) is 0.296. The van der Waals surface area contributed by atoms with Crippen molar-refractivity contribution in [2.45, 2.75) is 20.3 Å². The summed E-state index contributed by atoms with van der Waals surface area (Å²) in [5.74, 6) is -0.251. The number of likely N-dealkylation sites (N-methyl/N-ethyl adjacent to an activating group) is 1. The highest BCUT2D eigenvalue weighted by molar-refractivity contribution is 5.89. The van der Waals surface area contributed by atoms with E-state index in [1.54, 1.807) is 12.0 Å². The van der Waals surface area contributed by atoms with Gasteiger partial charge in [-0.1, -0.05) is 18.2 Å². The molecule has 1 N–H and O–H groups in total. The summed E-state index contributed by atoms with van der Waals surface area (Å²) in [4.78, 5) is 28.2. The van der Waals surface area contributed by atoms with E-state index >= 15 is 0 Å². The molecule has 0 bridgehead atoms. The zero-order valence-electron chi connectivity index (χ0n) is 15.5. The number of rotatable bonds is 9. The van der Waals surface area contributed by atoms with Crippen LogP contribution in [-0.2, 0) is 14.3 Å². The molecule has 0 aromatic heterocycles. The van der Waals surface area contributed by atoms with Crippen molar-refractivity contribution in [1.82, 2.24) is 10.2 Å². The van der Waals surface area contributed by atoms with Gasteiger partial charge in [0.25, 0.3) is 0 Å². The summed E-state index contributed by atoms with van der Waals surface area (Å²) in [7, 11) is 1.61. The Morgan fingerprint density at radius 3 is 2.84 bits per heavy atom. The zero-order chi connectivity index (χ0) is 18.2. The number of nitrogens with one attached hydrogen (secondary N) is 1. The largest absolute Gasteiger partial charge is 0.383 e. The normalized spacial score (nSPS) is 17.0. The number of methoxy groups -OCH3 is 1. The van der Waals surface area contributed by atoms with Crippen LogP contribution in [0.25, 0.3) is 0 Å². The van der Waals surface area contributed by atoms with E-state index < -0.39 is 0 Å². The predicted molar refractivity (Wildman–Crippen MR) is 98.6 cm³/mol. The third-order valence-electron chi connectivity index (χ3n) is 4.67. The van der Waals surface area contributed by atoms with Crippen LogP contribution in [0.15, 0.2) is 24.3 Å². The fourth-order valence-electron chi connectivity index (χ4n) is 3.19. The smallest absolute Gasteiger partial charge is 0.225 e. The van der Waals surface area contributed by atoms with Gasteiger partial charge < -0.3 is 19.9 Å². The van der Waals surface area contributed by atoms with Crippen molar-refractivity contribution in [2.75, 3.05) is 51.3 Å². The topological polar surface area (TPSA) is 61.9 Å².